The van der Waals surface area contributed by atoms with Crippen molar-refractivity contribution >= 4 is 0 Å². The fourth-order valence-corrected chi connectivity index (χ4v) is 4.69. The van der Waals surface area contributed by atoms with Gasteiger partial charge in [-0.15, -0.1) is 6.58 Å². The Morgan fingerprint density at radius 3 is 3.05 bits per heavy atom. The van der Waals surface area contributed by atoms with Crippen LogP contribution in [-0.4, -0.2) is 28.6 Å². The molecule has 3 aliphatic rings. The van der Waals surface area contributed by atoms with Gasteiger partial charge in [0.05, 0.1) is 0 Å². The third-order valence-corrected chi connectivity index (χ3v) is 5.77. The van der Waals surface area contributed by atoms with E-state index in [1.807, 2.05) is 12.1 Å². The zero-order valence-corrected chi connectivity index (χ0v) is 12.6. The minimum atomic E-state index is 0.398. The van der Waals surface area contributed by atoms with E-state index in [4.69, 9.17) is 0 Å². The van der Waals surface area contributed by atoms with Gasteiger partial charge in [-0.1, -0.05) is 24.3 Å². The second kappa shape index (κ2) is 4.74. The summed E-state index contributed by atoms with van der Waals surface area (Å²) < 4.78 is 0. The Kier molecular flexibility index (Phi) is 2.97. The number of nitrogens with zero attached hydrogens (tertiary/aromatic N) is 1. The van der Waals surface area contributed by atoms with Crippen LogP contribution >= 0.6 is 0 Å². The summed E-state index contributed by atoms with van der Waals surface area (Å²) in [6.07, 6.45) is 9.28. The number of aromatic hydroxyl groups is 1. The number of fused-ring (bicyclic) bond motifs is 3. The van der Waals surface area contributed by atoms with Gasteiger partial charge in [-0.05, 0) is 54.9 Å². The molecule has 0 radical (unpaired) electrons. The van der Waals surface area contributed by atoms with Crippen molar-refractivity contribution < 1.29 is 5.11 Å². The van der Waals surface area contributed by atoms with Crippen LogP contribution in [0.3, 0.4) is 0 Å². The molecule has 110 valence electrons. The zero-order chi connectivity index (χ0) is 14.6. The Balaban J connectivity index is 1.80. The molecule has 1 aromatic carbocycles. The molecule has 2 bridgehead atoms. The Hall–Kier alpha value is -1.54. The van der Waals surface area contributed by atoms with Crippen molar-refractivity contribution in [3.05, 3.63) is 54.1 Å². The van der Waals surface area contributed by atoms with Crippen LogP contribution in [0.1, 0.15) is 30.4 Å². The highest BCUT2D eigenvalue weighted by molar-refractivity contribution is 5.44. The lowest BCUT2D eigenvalue weighted by molar-refractivity contribution is 0.0333. The second-order valence-corrected chi connectivity index (χ2v) is 6.90. The Labute approximate surface area is 126 Å². The number of phenols is 1. The first-order valence-corrected chi connectivity index (χ1v) is 8.06. The SMILES string of the molecule is C=CC(C)N1CC2C=CC3c4cc(O)ccc4CC1C3C2. The van der Waals surface area contributed by atoms with Gasteiger partial charge in [0.1, 0.15) is 5.75 Å². The van der Waals surface area contributed by atoms with Crippen molar-refractivity contribution in [2.45, 2.75) is 37.8 Å². The monoisotopic (exact) mass is 281 g/mol. The molecule has 2 aliphatic carbocycles. The minimum Gasteiger partial charge on any atom is -0.508 e. The molecule has 1 saturated heterocycles. The van der Waals surface area contributed by atoms with Crippen LogP contribution in [0.5, 0.6) is 5.75 Å². The maximum Gasteiger partial charge on any atom is 0.115 e. The lowest BCUT2D eigenvalue weighted by Crippen LogP contribution is -2.56. The lowest BCUT2D eigenvalue weighted by Gasteiger charge is -2.53. The summed E-state index contributed by atoms with van der Waals surface area (Å²) in [7, 11) is 0. The summed E-state index contributed by atoms with van der Waals surface area (Å²) in [6, 6.07) is 6.98. The molecule has 1 aromatic rings. The maximum absolute atomic E-state index is 9.84. The zero-order valence-electron chi connectivity index (χ0n) is 12.6. The molecule has 1 fully saturated rings. The summed E-state index contributed by atoms with van der Waals surface area (Å²) in [5.74, 6) is 2.24. The number of hydrogen-bond donors (Lipinski definition) is 1. The van der Waals surface area contributed by atoms with Crippen LogP contribution in [0.2, 0.25) is 0 Å². The molecular weight excluding hydrogens is 258 g/mol. The largest absolute Gasteiger partial charge is 0.508 e. The highest BCUT2D eigenvalue weighted by Gasteiger charge is 2.45. The normalized spacial score (nSPS) is 35.1. The topological polar surface area (TPSA) is 23.5 Å². The fourth-order valence-electron chi connectivity index (χ4n) is 4.69. The molecule has 2 nitrogen and oxygen atoms in total. The van der Waals surface area contributed by atoms with Crippen molar-refractivity contribution in [2.75, 3.05) is 6.54 Å². The summed E-state index contributed by atoms with van der Waals surface area (Å²) in [5.41, 5.74) is 2.75. The average Bonchev–Trinajstić information content (AvgIpc) is 2.51. The first kappa shape index (κ1) is 13.1. The van der Waals surface area contributed by atoms with Crippen molar-refractivity contribution in [1.29, 1.82) is 0 Å². The average molecular weight is 281 g/mol. The van der Waals surface area contributed by atoms with Gasteiger partial charge < -0.3 is 5.11 Å². The standard InChI is InChI=1S/C19H23NO/c1-3-12(2)20-11-13-4-7-16-17-10-15(21)6-5-14(17)9-19(20)18(16)8-13/h3-7,10,12-13,16,18-19,21H,1,8-9,11H2,2H3. The van der Waals surface area contributed by atoms with E-state index in [0.29, 0.717) is 35.6 Å². The van der Waals surface area contributed by atoms with E-state index in [9.17, 15) is 5.11 Å². The van der Waals surface area contributed by atoms with Gasteiger partial charge in [0.15, 0.2) is 0 Å². The quantitative estimate of drug-likeness (QED) is 0.839. The van der Waals surface area contributed by atoms with Crippen molar-refractivity contribution in [3.63, 3.8) is 0 Å². The minimum absolute atomic E-state index is 0.398. The summed E-state index contributed by atoms with van der Waals surface area (Å²) in [6.45, 7) is 7.42. The van der Waals surface area contributed by atoms with Gasteiger partial charge in [0, 0.05) is 24.5 Å². The smallest absolute Gasteiger partial charge is 0.115 e. The van der Waals surface area contributed by atoms with E-state index in [1.54, 1.807) is 0 Å². The number of benzene rings is 1. The van der Waals surface area contributed by atoms with E-state index in [2.05, 4.69) is 42.7 Å². The Bertz CT molecular complexity index is 606. The lowest BCUT2D eigenvalue weighted by atomic mass is 9.63. The molecule has 2 heteroatoms. The van der Waals surface area contributed by atoms with Crippen molar-refractivity contribution in [2.24, 2.45) is 11.8 Å². The predicted octanol–water partition coefficient (Wildman–Crippen LogP) is 3.48. The van der Waals surface area contributed by atoms with E-state index in [-0.39, 0.29) is 0 Å². The Morgan fingerprint density at radius 2 is 2.24 bits per heavy atom. The molecule has 5 unspecified atom stereocenters. The number of phenolic OH excluding ortho intramolecular Hbond substituents is 1. The second-order valence-electron chi connectivity index (χ2n) is 6.90. The van der Waals surface area contributed by atoms with Crippen LogP contribution < -0.4 is 0 Å². The molecule has 4 rings (SSSR count). The molecule has 21 heavy (non-hydrogen) atoms. The van der Waals surface area contributed by atoms with E-state index in [0.717, 1.165) is 13.0 Å². The number of likely N-dealkylation sites (tertiary alicyclic amines) is 1. The van der Waals surface area contributed by atoms with E-state index >= 15 is 0 Å². The van der Waals surface area contributed by atoms with Gasteiger partial charge in [-0.3, -0.25) is 4.90 Å². The third-order valence-electron chi connectivity index (χ3n) is 5.77. The Morgan fingerprint density at radius 1 is 1.38 bits per heavy atom. The van der Waals surface area contributed by atoms with E-state index < -0.39 is 0 Å². The van der Waals surface area contributed by atoms with Gasteiger partial charge in [-0.2, -0.15) is 0 Å². The van der Waals surface area contributed by atoms with Gasteiger partial charge in [0.25, 0.3) is 0 Å². The summed E-state index contributed by atoms with van der Waals surface area (Å²) in [5, 5.41) is 9.84. The highest BCUT2D eigenvalue weighted by atomic mass is 16.3. The molecule has 1 aliphatic heterocycles. The van der Waals surface area contributed by atoms with Crippen LogP contribution in [0.4, 0.5) is 0 Å². The van der Waals surface area contributed by atoms with Crippen LogP contribution in [-0.2, 0) is 6.42 Å². The third kappa shape index (κ3) is 1.96. The van der Waals surface area contributed by atoms with Crippen molar-refractivity contribution in [3.8, 4) is 5.75 Å². The first-order chi connectivity index (χ1) is 10.2. The van der Waals surface area contributed by atoms with Crippen LogP contribution in [0.25, 0.3) is 0 Å². The summed E-state index contributed by atoms with van der Waals surface area (Å²) >= 11 is 0. The predicted molar refractivity (Wildman–Crippen MR) is 85.4 cm³/mol. The maximum atomic E-state index is 9.84. The fraction of sp³-hybridized carbons (Fsp3) is 0.474. The number of rotatable bonds is 2. The van der Waals surface area contributed by atoms with Gasteiger partial charge >= 0.3 is 0 Å². The molecule has 1 heterocycles. The number of allylic oxidation sites excluding steroid dienone is 1. The molecular formula is C19H23NO. The summed E-state index contributed by atoms with van der Waals surface area (Å²) in [4.78, 5) is 2.65. The molecule has 1 N–H and O–H groups in total. The number of hydrogen-bond acceptors (Lipinski definition) is 2. The molecule has 0 saturated carbocycles. The molecule has 0 amide bonds. The first-order valence-electron chi connectivity index (χ1n) is 8.06. The van der Waals surface area contributed by atoms with Crippen LogP contribution in [0.15, 0.2) is 43.0 Å². The van der Waals surface area contributed by atoms with E-state index in [1.165, 1.54) is 17.5 Å². The molecule has 0 aromatic heterocycles. The number of piperidine rings is 1. The molecule has 0 spiro atoms. The molecule has 5 atom stereocenters. The van der Waals surface area contributed by atoms with Crippen molar-refractivity contribution in [1.82, 2.24) is 4.90 Å². The van der Waals surface area contributed by atoms with Crippen LogP contribution in [0, 0.1) is 11.8 Å². The highest BCUT2D eigenvalue weighted by Crippen LogP contribution is 2.49. The van der Waals surface area contributed by atoms with Gasteiger partial charge in [-0.25, -0.2) is 0 Å². The van der Waals surface area contributed by atoms with Gasteiger partial charge in [0.2, 0.25) is 0 Å².